The quantitative estimate of drug-likeness (QED) is 0.696. The number of carbonyl (C=O) groups excluding carboxylic acids is 2. The molecule has 1 aromatic heterocycles. The van der Waals surface area contributed by atoms with Gasteiger partial charge in [-0.2, -0.15) is 0 Å². The molecule has 0 aliphatic heterocycles. The number of aromatic nitrogens is 1. The van der Waals surface area contributed by atoms with E-state index in [2.05, 4.69) is 10.3 Å². The standard InChI is InChI=1S/C15H13ClN2O3/c1-10-5-2-3-6-11(10)15(20)21-9-13(19)18-12-7-4-8-17-14(12)16/h2-8H,9H2,1H3,(H,18,19). The van der Waals surface area contributed by atoms with Gasteiger partial charge in [-0.25, -0.2) is 9.78 Å². The van der Waals surface area contributed by atoms with Crippen LogP contribution in [-0.2, 0) is 9.53 Å². The lowest BCUT2D eigenvalue weighted by molar-refractivity contribution is -0.119. The third-order valence-corrected chi connectivity index (χ3v) is 3.03. The van der Waals surface area contributed by atoms with E-state index in [0.717, 1.165) is 5.56 Å². The molecule has 0 aliphatic rings. The largest absolute Gasteiger partial charge is 0.452 e. The van der Waals surface area contributed by atoms with Crippen LogP contribution in [0.3, 0.4) is 0 Å². The highest BCUT2D eigenvalue weighted by molar-refractivity contribution is 6.32. The van der Waals surface area contributed by atoms with E-state index in [4.69, 9.17) is 16.3 Å². The maximum Gasteiger partial charge on any atom is 0.338 e. The molecule has 1 aromatic carbocycles. The molecular weight excluding hydrogens is 292 g/mol. The predicted molar refractivity (Wildman–Crippen MR) is 79.3 cm³/mol. The molecule has 6 heteroatoms. The molecule has 0 unspecified atom stereocenters. The van der Waals surface area contributed by atoms with Crippen molar-refractivity contribution in [2.45, 2.75) is 6.92 Å². The van der Waals surface area contributed by atoms with Crippen molar-refractivity contribution < 1.29 is 14.3 Å². The summed E-state index contributed by atoms with van der Waals surface area (Å²) < 4.78 is 4.97. The molecule has 108 valence electrons. The fourth-order valence-electron chi connectivity index (χ4n) is 1.68. The number of carbonyl (C=O) groups is 2. The van der Waals surface area contributed by atoms with E-state index in [1.165, 1.54) is 6.20 Å². The van der Waals surface area contributed by atoms with E-state index < -0.39 is 18.5 Å². The van der Waals surface area contributed by atoms with Crippen LogP contribution in [0.4, 0.5) is 5.69 Å². The number of anilines is 1. The number of nitrogens with zero attached hydrogens (tertiary/aromatic N) is 1. The number of benzene rings is 1. The SMILES string of the molecule is Cc1ccccc1C(=O)OCC(=O)Nc1cccnc1Cl. The second-order valence-corrected chi connectivity index (χ2v) is 4.64. The molecule has 0 radical (unpaired) electrons. The first kappa shape index (κ1) is 15.0. The number of rotatable bonds is 4. The summed E-state index contributed by atoms with van der Waals surface area (Å²) >= 11 is 5.81. The average Bonchev–Trinajstić information content (AvgIpc) is 2.48. The van der Waals surface area contributed by atoms with Crippen LogP contribution in [-0.4, -0.2) is 23.5 Å². The molecule has 0 spiro atoms. The van der Waals surface area contributed by atoms with Crippen molar-refractivity contribution in [3.05, 3.63) is 58.9 Å². The monoisotopic (exact) mass is 304 g/mol. The third-order valence-electron chi connectivity index (χ3n) is 2.73. The van der Waals surface area contributed by atoms with E-state index in [-0.39, 0.29) is 5.15 Å². The molecule has 1 amide bonds. The highest BCUT2D eigenvalue weighted by atomic mass is 35.5. The first-order chi connectivity index (χ1) is 10.1. The summed E-state index contributed by atoms with van der Waals surface area (Å²) in [5.41, 5.74) is 1.60. The van der Waals surface area contributed by atoms with Crippen molar-refractivity contribution >= 4 is 29.2 Å². The molecule has 5 nitrogen and oxygen atoms in total. The lowest BCUT2D eigenvalue weighted by Crippen LogP contribution is -2.21. The van der Waals surface area contributed by atoms with Gasteiger partial charge in [0.25, 0.3) is 5.91 Å². The summed E-state index contributed by atoms with van der Waals surface area (Å²) in [7, 11) is 0. The second-order valence-electron chi connectivity index (χ2n) is 4.28. The molecule has 2 aromatic rings. The van der Waals surface area contributed by atoms with Gasteiger partial charge in [0.2, 0.25) is 0 Å². The number of aryl methyl sites for hydroxylation is 1. The molecule has 0 saturated carbocycles. The van der Waals surface area contributed by atoms with Gasteiger partial charge in [-0.1, -0.05) is 29.8 Å². The van der Waals surface area contributed by atoms with Crippen molar-refractivity contribution in [1.29, 1.82) is 0 Å². The van der Waals surface area contributed by atoms with Gasteiger partial charge in [0.15, 0.2) is 11.8 Å². The van der Waals surface area contributed by atoms with Crippen molar-refractivity contribution in [3.63, 3.8) is 0 Å². The molecular formula is C15H13ClN2O3. The maximum absolute atomic E-state index is 11.8. The first-order valence-corrected chi connectivity index (χ1v) is 6.59. The van der Waals surface area contributed by atoms with Gasteiger partial charge in [-0.05, 0) is 30.7 Å². The van der Waals surface area contributed by atoms with Gasteiger partial charge in [0, 0.05) is 6.20 Å². The van der Waals surface area contributed by atoms with E-state index in [9.17, 15) is 9.59 Å². The highest BCUT2D eigenvalue weighted by Crippen LogP contribution is 2.17. The number of hydrogen-bond donors (Lipinski definition) is 1. The summed E-state index contributed by atoms with van der Waals surface area (Å²) in [6.45, 7) is 1.41. The molecule has 0 fully saturated rings. The Bertz CT molecular complexity index is 673. The third kappa shape index (κ3) is 4.03. The van der Waals surface area contributed by atoms with Crippen molar-refractivity contribution in [3.8, 4) is 0 Å². The Labute approximate surface area is 126 Å². The molecule has 2 rings (SSSR count). The summed E-state index contributed by atoms with van der Waals surface area (Å²) in [6.07, 6.45) is 1.51. The van der Waals surface area contributed by atoms with E-state index in [1.54, 1.807) is 37.3 Å². The predicted octanol–water partition coefficient (Wildman–Crippen LogP) is 2.84. The molecule has 0 aliphatic carbocycles. The lowest BCUT2D eigenvalue weighted by atomic mass is 10.1. The fourth-order valence-corrected chi connectivity index (χ4v) is 1.84. The average molecular weight is 305 g/mol. The summed E-state index contributed by atoms with van der Waals surface area (Å²) in [5.74, 6) is -1.02. The second kappa shape index (κ2) is 6.85. The first-order valence-electron chi connectivity index (χ1n) is 6.21. The van der Waals surface area contributed by atoms with E-state index in [0.29, 0.717) is 11.3 Å². The Hall–Kier alpha value is -2.40. The zero-order chi connectivity index (χ0) is 15.2. The van der Waals surface area contributed by atoms with Crippen LogP contribution in [0, 0.1) is 6.92 Å². The summed E-state index contributed by atoms with van der Waals surface area (Å²) in [5, 5.41) is 2.70. The minimum atomic E-state index is -0.541. The van der Waals surface area contributed by atoms with Crippen molar-refractivity contribution in [2.24, 2.45) is 0 Å². The maximum atomic E-state index is 11.8. The number of halogens is 1. The molecule has 1 N–H and O–H groups in total. The van der Waals surface area contributed by atoms with Crippen molar-refractivity contribution in [2.75, 3.05) is 11.9 Å². The number of ether oxygens (including phenoxy) is 1. The minimum absolute atomic E-state index is 0.177. The van der Waals surface area contributed by atoms with E-state index in [1.807, 2.05) is 6.07 Å². The summed E-state index contributed by atoms with van der Waals surface area (Å²) in [4.78, 5) is 27.4. The van der Waals surface area contributed by atoms with Gasteiger partial charge >= 0.3 is 5.97 Å². The Morgan fingerprint density at radius 1 is 1.24 bits per heavy atom. The van der Waals surface area contributed by atoms with E-state index >= 15 is 0 Å². The van der Waals surface area contributed by atoms with Crippen LogP contribution in [0.5, 0.6) is 0 Å². The zero-order valence-corrected chi connectivity index (χ0v) is 12.1. The van der Waals surface area contributed by atoms with Gasteiger partial charge in [-0.3, -0.25) is 4.79 Å². The van der Waals surface area contributed by atoms with Gasteiger partial charge in [0.1, 0.15) is 0 Å². The summed E-state index contributed by atoms with van der Waals surface area (Å²) in [6, 6.07) is 10.2. The number of amides is 1. The molecule has 1 heterocycles. The van der Waals surface area contributed by atoms with Crippen LogP contribution in [0.1, 0.15) is 15.9 Å². The van der Waals surface area contributed by atoms with Crippen LogP contribution in [0.25, 0.3) is 0 Å². The topological polar surface area (TPSA) is 68.3 Å². The van der Waals surface area contributed by atoms with Crippen molar-refractivity contribution in [1.82, 2.24) is 4.98 Å². The number of hydrogen-bond acceptors (Lipinski definition) is 4. The van der Waals surface area contributed by atoms with Crippen LogP contribution in [0.2, 0.25) is 5.15 Å². The molecule has 0 bridgehead atoms. The normalized spacial score (nSPS) is 10.0. The Kier molecular flexibility index (Phi) is 4.90. The Morgan fingerprint density at radius 3 is 2.71 bits per heavy atom. The number of pyridine rings is 1. The Morgan fingerprint density at radius 2 is 2.00 bits per heavy atom. The molecule has 0 saturated heterocycles. The molecule has 0 atom stereocenters. The van der Waals surface area contributed by atoms with Gasteiger partial charge < -0.3 is 10.1 Å². The fraction of sp³-hybridized carbons (Fsp3) is 0.133. The van der Waals surface area contributed by atoms with Crippen LogP contribution >= 0.6 is 11.6 Å². The smallest absolute Gasteiger partial charge is 0.338 e. The number of esters is 1. The minimum Gasteiger partial charge on any atom is -0.452 e. The van der Waals surface area contributed by atoms with Gasteiger partial charge in [0.05, 0.1) is 11.3 Å². The lowest BCUT2D eigenvalue weighted by Gasteiger charge is -2.08. The van der Waals surface area contributed by atoms with Gasteiger partial charge in [-0.15, -0.1) is 0 Å². The highest BCUT2D eigenvalue weighted by Gasteiger charge is 2.13. The zero-order valence-electron chi connectivity index (χ0n) is 11.3. The number of nitrogens with one attached hydrogen (secondary N) is 1. The molecule has 21 heavy (non-hydrogen) atoms. The van der Waals surface area contributed by atoms with Crippen LogP contribution < -0.4 is 5.32 Å². The Balaban J connectivity index is 1.91. The van der Waals surface area contributed by atoms with Crippen LogP contribution in [0.15, 0.2) is 42.6 Å².